The van der Waals surface area contributed by atoms with E-state index in [1.54, 1.807) is 0 Å². The summed E-state index contributed by atoms with van der Waals surface area (Å²) in [5, 5.41) is 13.3. The van der Waals surface area contributed by atoms with Crippen LogP contribution in [-0.4, -0.2) is 22.0 Å². The summed E-state index contributed by atoms with van der Waals surface area (Å²) in [4.78, 5) is 26.6. The van der Waals surface area contributed by atoms with Gasteiger partial charge in [0.2, 0.25) is 5.91 Å². The molecule has 2 aromatic rings. The second-order valence-corrected chi connectivity index (χ2v) is 6.21. The molecule has 5 nitrogen and oxygen atoms in total. The number of aromatic nitrogens is 1. The normalized spacial score (nSPS) is 19.4. The number of rotatable bonds is 5. The van der Waals surface area contributed by atoms with Gasteiger partial charge in [0.15, 0.2) is 5.69 Å². The van der Waals surface area contributed by atoms with E-state index >= 15 is 0 Å². The molecule has 0 radical (unpaired) electrons. The van der Waals surface area contributed by atoms with Crippen molar-refractivity contribution in [3.8, 4) is 0 Å². The van der Waals surface area contributed by atoms with Crippen molar-refractivity contribution in [2.24, 2.45) is 5.92 Å². The maximum absolute atomic E-state index is 13.7. The average molecular weight is 338 g/mol. The van der Waals surface area contributed by atoms with E-state index in [0.717, 1.165) is 29.5 Å². The smallest absolute Gasteiger partial charge is 0.355 e. The molecule has 8 heteroatoms. The number of hydrogen-bond donors (Lipinski definition) is 2. The van der Waals surface area contributed by atoms with Gasteiger partial charge in [-0.3, -0.25) is 4.79 Å². The molecule has 1 aromatic heterocycles. The molecule has 23 heavy (non-hydrogen) atoms. The number of carboxylic acid groups (broad SMARTS) is 1. The van der Waals surface area contributed by atoms with Gasteiger partial charge in [-0.25, -0.2) is 18.6 Å². The highest BCUT2D eigenvalue weighted by Gasteiger charge is 2.45. The molecule has 120 valence electrons. The number of carbonyl (C=O) groups is 2. The van der Waals surface area contributed by atoms with Crippen LogP contribution in [0.3, 0.4) is 0 Å². The molecule has 1 amide bonds. The minimum atomic E-state index is -1.12. The highest BCUT2D eigenvalue weighted by atomic mass is 32.1. The molecule has 0 spiro atoms. The van der Waals surface area contributed by atoms with Crippen molar-refractivity contribution in [1.82, 2.24) is 10.3 Å². The quantitative estimate of drug-likeness (QED) is 0.878. The topological polar surface area (TPSA) is 79.3 Å². The number of nitrogens with zero attached hydrogens (tertiary/aromatic N) is 1. The van der Waals surface area contributed by atoms with Crippen molar-refractivity contribution in [1.29, 1.82) is 0 Å². The first kappa shape index (κ1) is 15.5. The van der Waals surface area contributed by atoms with E-state index in [0.29, 0.717) is 11.4 Å². The van der Waals surface area contributed by atoms with Gasteiger partial charge in [-0.05, 0) is 36.1 Å². The number of carbonyl (C=O) groups excluding carboxylic acids is 1. The Kier molecular flexibility index (Phi) is 4.08. The summed E-state index contributed by atoms with van der Waals surface area (Å²) in [6.45, 7) is 0.117. The molecule has 1 aliphatic carbocycles. The number of thiazole rings is 1. The fraction of sp³-hybridized carbons (Fsp3) is 0.267. The zero-order chi connectivity index (χ0) is 16.6. The van der Waals surface area contributed by atoms with Crippen molar-refractivity contribution in [2.75, 3.05) is 0 Å². The number of halogens is 2. The third kappa shape index (κ3) is 3.37. The summed E-state index contributed by atoms with van der Waals surface area (Å²) in [6.07, 6.45) is 0.463. The molecule has 0 aliphatic heterocycles. The second kappa shape index (κ2) is 6.04. The zero-order valence-corrected chi connectivity index (χ0v) is 12.6. The van der Waals surface area contributed by atoms with Crippen LogP contribution in [0.4, 0.5) is 8.78 Å². The average Bonchev–Trinajstić information content (AvgIpc) is 3.16. The third-order valence-electron chi connectivity index (χ3n) is 3.67. The minimum absolute atomic E-state index is 0.0645. The second-order valence-electron chi connectivity index (χ2n) is 5.26. The largest absolute Gasteiger partial charge is 0.476 e. The Bertz CT molecular complexity index is 778. The van der Waals surface area contributed by atoms with Crippen LogP contribution >= 0.6 is 11.3 Å². The van der Waals surface area contributed by atoms with Crippen molar-refractivity contribution < 1.29 is 23.5 Å². The van der Waals surface area contributed by atoms with E-state index in [1.165, 1.54) is 5.38 Å². The van der Waals surface area contributed by atoms with Crippen LogP contribution in [-0.2, 0) is 11.3 Å². The summed E-state index contributed by atoms with van der Waals surface area (Å²) < 4.78 is 26.8. The van der Waals surface area contributed by atoms with Gasteiger partial charge >= 0.3 is 5.97 Å². The number of amides is 1. The van der Waals surface area contributed by atoms with Crippen LogP contribution in [0.15, 0.2) is 23.6 Å². The van der Waals surface area contributed by atoms with E-state index in [-0.39, 0.29) is 29.6 Å². The van der Waals surface area contributed by atoms with Crippen LogP contribution in [0.5, 0.6) is 0 Å². The van der Waals surface area contributed by atoms with Crippen LogP contribution in [0.25, 0.3) is 0 Å². The lowest BCUT2D eigenvalue weighted by atomic mass is 10.1. The number of nitrogens with one attached hydrogen (secondary N) is 1. The Morgan fingerprint density at radius 2 is 2.17 bits per heavy atom. The van der Waals surface area contributed by atoms with Gasteiger partial charge in [-0.15, -0.1) is 11.3 Å². The lowest BCUT2D eigenvalue weighted by Gasteiger charge is -2.04. The van der Waals surface area contributed by atoms with Crippen molar-refractivity contribution >= 4 is 23.2 Å². The number of aromatic carboxylic acids is 1. The highest BCUT2D eigenvalue weighted by Crippen LogP contribution is 2.48. The highest BCUT2D eigenvalue weighted by molar-refractivity contribution is 7.09. The molecule has 1 heterocycles. The van der Waals surface area contributed by atoms with Gasteiger partial charge in [0.1, 0.15) is 16.6 Å². The van der Waals surface area contributed by atoms with Gasteiger partial charge in [0.25, 0.3) is 0 Å². The molecule has 0 unspecified atom stereocenters. The number of benzene rings is 1. The lowest BCUT2D eigenvalue weighted by Crippen LogP contribution is -2.25. The fourth-order valence-corrected chi connectivity index (χ4v) is 3.12. The molecule has 0 saturated heterocycles. The summed E-state index contributed by atoms with van der Waals surface area (Å²) in [7, 11) is 0. The molecule has 1 aliphatic rings. The Hall–Kier alpha value is -2.35. The predicted molar refractivity (Wildman–Crippen MR) is 78.1 cm³/mol. The Morgan fingerprint density at radius 1 is 1.39 bits per heavy atom. The van der Waals surface area contributed by atoms with Gasteiger partial charge in [-0.2, -0.15) is 0 Å². The molecule has 2 atom stereocenters. The zero-order valence-electron chi connectivity index (χ0n) is 11.8. The van der Waals surface area contributed by atoms with Crippen molar-refractivity contribution in [3.63, 3.8) is 0 Å². The third-order valence-corrected chi connectivity index (χ3v) is 4.52. The standard InChI is InChI=1S/C15H12F2N2O3S/c16-7-1-2-11(17)9(3-7)8-4-10(8)14(20)18-5-13-19-12(6-23-13)15(21)22/h1-3,6,8,10H,4-5H2,(H,18,20)(H,21,22)/t8-,10-/m1/s1. The van der Waals surface area contributed by atoms with E-state index in [4.69, 9.17) is 5.11 Å². The molecule has 0 bridgehead atoms. The van der Waals surface area contributed by atoms with Gasteiger partial charge in [0.05, 0.1) is 6.54 Å². The van der Waals surface area contributed by atoms with Crippen LogP contribution < -0.4 is 5.32 Å². The molecule has 2 N–H and O–H groups in total. The SMILES string of the molecule is O=C(O)c1csc(CNC(=O)[C@@H]2C[C@@H]2c2cc(F)ccc2F)n1. The van der Waals surface area contributed by atoms with Crippen LogP contribution in [0.1, 0.15) is 33.4 Å². The molecular formula is C15H12F2N2O3S. The Morgan fingerprint density at radius 3 is 2.87 bits per heavy atom. The van der Waals surface area contributed by atoms with E-state index in [9.17, 15) is 18.4 Å². The Labute approximate surface area is 134 Å². The van der Waals surface area contributed by atoms with Gasteiger partial charge in [0, 0.05) is 11.3 Å². The van der Waals surface area contributed by atoms with Crippen molar-refractivity contribution in [2.45, 2.75) is 18.9 Å². The molecule has 1 aromatic carbocycles. The van der Waals surface area contributed by atoms with Gasteiger partial charge < -0.3 is 10.4 Å². The molecular weight excluding hydrogens is 326 g/mol. The fourth-order valence-electron chi connectivity index (χ4n) is 2.41. The van der Waals surface area contributed by atoms with Crippen LogP contribution in [0, 0.1) is 17.6 Å². The molecule has 1 saturated carbocycles. The van der Waals surface area contributed by atoms with Crippen molar-refractivity contribution in [3.05, 3.63) is 51.5 Å². The summed E-state index contributed by atoms with van der Waals surface area (Å²) in [6, 6.07) is 3.22. The summed E-state index contributed by atoms with van der Waals surface area (Å²) in [5.41, 5.74) is 0.151. The maximum Gasteiger partial charge on any atom is 0.355 e. The summed E-state index contributed by atoms with van der Waals surface area (Å²) >= 11 is 1.14. The maximum atomic E-state index is 13.7. The minimum Gasteiger partial charge on any atom is -0.476 e. The van der Waals surface area contributed by atoms with Gasteiger partial charge in [-0.1, -0.05) is 0 Å². The van der Waals surface area contributed by atoms with E-state index in [2.05, 4.69) is 10.3 Å². The molecule has 3 rings (SSSR count). The predicted octanol–water partition coefficient (Wildman–Crippen LogP) is 2.54. The first-order valence-corrected chi connectivity index (χ1v) is 7.74. The monoisotopic (exact) mass is 338 g/mol. The first-order chi connectivity index (χ1) is 11.0. The Balaban J connectivity index is 1.58. The summed E-state index contributed by atoms with van der Waals surface area (Å²) in [5.74, 6) is -3.16. The number of hydrogen-bond acceptors (Lipinski definition) is 4. The lowest BCUT2D eigenvalue weighted by molar-refractivity contribution is -0.122. The van der Waals surface area contributed by atoms with E-state index < -0.39 is 23.5 Å². The van der Waals surface area contributed by atoms with Crippen LogP contribution in [0.2, 0.25) is 0 Å². The number of carboxylic acids is 1. The molecule has 1 fully saturated rings. The van der Waals surface area contributed by atoms with E-state index in [1.807, 2.05) is 0 Å². The first-order valence-electron chi connectivity index (χ1n) is 6.86.